The molecule has 6 rings (SSSR count). The molecule has 4 aromatic heterocycles. The van der Waals surface area contributed by atoms with Crippen LogP contribution >= 0.6 is 17.0 Å². The van der Waals surface area contributed by atoms with Crippen LogP contribution < -0.4 is 5.32 Å². The average Bonchev–Trinajstić information content (AvgIpc) is 3.36. The fraction of sp³-hybridized carbons (Fsp3) is 0.267. The highest BCUT2D eigenvalue weighted by Gasteiger charge is 2.28. The van der Waals surface area contributed by atoms with Gasteiger partial charge in [-0.25, -0.2) is 9.97 Å². The van der Waals surface area contributed by atoms with Crippen molar-refractivity contribution in [2.75, 3.05) is 0 Å². The number of rotatable bonds is 9. The van der Waals surface area contributed by atoms with Crippen LogP contribution in [0.5, 0.6) is 0 Å². The van der Waals surface area contributed by atoms with E-state index in [1.807, 2.05) is 42.7 Å². The number of hydrogen-bond acceptors (Lipinski definition) is 6. The molecular formula is C30H32BrN7. The number of H-pyrrole nitrogens is 1. The summed E-state index contributed by atoms with van der Waals surface area (Å²) in [7, 11) is 0. The third-order valence-electron chi connectivity index (χ3n) is 7.04. The van der Waals surface area contributed by atoms with Crippen LogP contribution in [0.2, 0.25) is 0 Å². The van der Waals surface area contributed by atoms with Crippen molar-refractivity contribution in [3.8, 4) is 0 Å². The van der Waals surface area contributed by atoms with E-state index in [0.717, 1.165) is 55.2 Å². The molecule has 0 radical (unpaired) electrons. The molecule has 38 heavy (non-hydrogen) atoms. The molecule has 1 unspecified atom stereocenters. The Morgan fingerprint density at radius 3 is 2.47 bits per heavy atom. The van der Waals surface area contributed by atoms with Crippen LogP contribution in [0.15, 0.2) is 85.3 Å². The quantitative estimate of drug-likeness (QED) is 0.237. The van der Waals surface area contributed by atoms with Crippen LogP contribution in [0.25, 0.3) is 11.2 Å². The molecule has 4 heterocycles. The number of nitrogens with zero attached hydrogens (tertiary/aromatic N) is 5. The summed E-state index contributed by atoms with van der Waals surface area (Å²) in [5, 5.41) is 3.49. The molecule has 1 atom stereocenters. The average molecular weight is 571 g/mol. The van der Waals surface area contributed by atoms with Gasteiger partial charge >= 0.3 is 0 Å². The summed E-state index contributed by atoms with van der Waals surface area (Å²) in [5.41, 5.74) is 7.91. The Kier molecular flexibility index (Phi) is 8.53. The smallest absolute Gasteiger partial charge is 0.177 e. The Bertz CT molecular complexity index is 1420. The maximum Gasteiger partial charge on any atom is 0.177 e. The molecule has 0 aliphatic heterocycles. The zero-order chi connectivity index (χ0) is 24.9. The molecule has 1 aromatic carbocycles. The number of aromatic nitrogens is 5. The normalized spacial score (nSPS) is 14.8. The van der Waals surface area contributed by atoms with Gasteiger partial charge < -0.3 is 10.3 Å². The number of halogens is 1. The second kappa shape index (κ2) is 12.4. The molecule has 0 spiro atoms. The maximum atomic E-state index is 4.82. The molecule has 0 saturated heterocycles. The number of nitrogens with one attached hydrogen (secondary N) is 2. The Labute approximate surface area is 233 Å². The van der Waals surface area contributed by atoms with Crippen LogP contribution in [0, 0.1) is 0 Å². The van der Waals surface area contributed by atoms with Crippen molar-refractivity contribution in [3.05, 3.63) is 119 Å². The van der Waals surface area contributed by atoms with E-state index in [1.54, 1.807) is 6.20 Å². The minimum Gasteiger partial charge on any atom is -0.340 e. The molecule has 0 bridgehead atoms. The standard InChI is InChI=1S/C30H31N7.BrH/c1-2-15-32-25(8-1)19-31-18-22-11-13-23(14-12-22)20-37(21-28-35-26-9-5-17-34-30(26)36-28)27-10-3-6-24-7-4-16-33-29(24)27;/h1-2,4-5,7-9,11-17,27,31H,3,6,10,18-21H2,(H,34,35,36);1H. The summed E-state index contributed by atoms with van der Waals surface area (Å²) in [6.07, 6.45) is 8.91. The summed E-state index contributed by atoms with van der Waals surface area (Å²) >= 11 is 0. The van der Waals surface area contributed by atoms with E-state index >= 15 is 0 Å². The Morgan fingerprint density at radius 1 is 0.816 bits per heavy atom. The first-order valence-corrected chi connectivity index (χ1v) is 13.0. The molecule has 0 amide bonds. The molecule has 1 aliphatic carbocycles. The minimum absolute atomic E-state index is 0. The number of hydrogen-bond donors (Lipinski definition) is 2. The highest BCUT2D eigenvalue weighted by atomic mass is 79.9. The molecular weight excluding hydrogens is 538 g/mol. The number of benzene rings is 1. The number of aryl methyl sites for hydroxylation is 1. The molecule has 8 heteroatoms. The van der Waals surface area contributed by atoms with Gasteiger partial charge in [0.25, 0.3) is 0 Å². The van der Waals surface area contributed by atoms with Crippen molar-refractivity contribution in [1.29, 1.82) is 0 Å². The Morgan fingerprint density at radius 2 is 1.63 bits per heavy atom. The van der Waals surface area contributed by atoms with E-state index in [1.165, 1.54) is 28.8 Å². The highest BCUT2D eigenvalue weighted by molar-refractivity contribution is 8.93. The van der Waals surface area contributed by atoms with Gasteiger partial charge in [0, 0.05) is 38.2 Å². The number of imidazole rings is 1. The van der Waals surface area contributed by atoms with E-state index in [4.69, 9.17) is 9.97 Å². The van der Waals surface area contributed by atoms with Gasteiger partial charge in [-0.2, -0.15) is 0 Å². The molecule has 2 N–H and O–H groups in total. The number of aromatic amines is 1. The Balaban J connectivity index is 0.00000294. The van der Waals surface area contributed by atoms with Crippen molar-refractivity contribution in [1.82, 2.24) is 35.1 Å². The van der Waals surface area contributed by atoms with E-state index in [2.05, 4.69) is 61.6 Å². The Hall–Kier alpha value is -3.46. The fourth-order valence-corrected chi connectivity index (χ4v) is 5.21. The third kappa shape index (κ3) is 6.15. The number of pyridine rings is 3. The zero-order valence-electron chi connectivity index (χ0n) is 21.3. The van der Waals surface area contributed by atoms with E-state index < -0.39 is 0 Å². The molecule has 0 fully saturated rings. The van der Waals surface area contributed by atoms with Crippen LogP contribution in [-0.2, 0) is 32.6 Å². The topological polar surface area (TPSA) is 82.6 Å². The van der Waals surface area contributed by atoms with Crippen LogP contribution in [0.4, 0.5) is 0 Å². The van der Waals surface area contributed by atoms with Crippen molar-refractivity contribution in [2.24, 2.45) is 0 Å². The highest BCUT2D eigenvalue weighted by Crippen LogP contribution is 2.34. The van der Waals surface area contributed by atoms with Crippen LogP contribution in [0.3, 0.4) is 0 Å². The van der Waals surface area contributed by atoms with Gasteiger partial charge in [-0.05, 0) is 66.3 Å². The summed E-state index contributed by atoms with van der Waals surface area (Å²) in [5.74, 6) is 0.937. The monoisotopic (exact) mass is 569 g/mol. The minimum atomic E-state index is 0. The third-order valence-corrected chi connectivity index (χ3v) is 7.04. The van der Waals surface area contributed by atoms with Gasteiger partial charge in [0.1, 0.15) is 5.82 Å². The molecule has 194 valence electrons. The molecule has 0 saturated carbocycles. The van der Waals surface area contributed by atoms with Crippen LogP contribution in [0.1, 0.15) is 52.8 Å². The SMILES string of the molecule is Br.c1ccc(CNCc2ccc(CN(Cc3nc4ncccc4[nH]3)C3CCCc4cccnc43)cc2)nc1. The summed E-state index contributed by atoms with van der Waals surface area (Å²) in [6.45, 7) is 3.11. The van der Waals surface area contributed by atoms with Crippen molar-refractivity contribution in [3.63, 3.8) is 0 Å². The zero-order valence-corrected chi connectivity index (χ0v) is 23.0. The second-order valence-electron chi connectivity index (χ2n) is 9.66. The lowest BCUT2D eigenvalue weighted by atomic mass is 9.90. The molecule has 1 aliphatic rings. The van der Waals surface area contributed by atoms with Crippen molar-refractivity contribution >= 4 is 28.1 Å². The first-order chi connectivity index (χ1) is 18.3. The van der Waals surface area contributed by atoms with E-state index in [-0.39, 0.29) is 23.0 Å². The first-order valence-electron chi connectivity index (χ1n) is 13.0. The number of fused-ring (bicyclic) bond motifs is 2. The predicted molar refractivity (Wildman–Crippen MR) is 155 cm³/mol. The van der Waals surface area contributed by atoms with Crippen molar-refractivity contribution < 1.29 is 0 Å². The molecule has 7 nitrogen and oxygen atoms in total. The molecule has 5 aromatic rings. The van der Waals surface area contributed by atoms with Crippen molar-refractivity contribution in [2.45, 2.75) is 51.5 Å². The van der Waals surface area contributed by atoms with Gasteiger partial charge in [-0.15, -0.1) is 17.0 Å². The predicted octanol–water partition coefficient (Wildman–Crippen LogP) is 5.70. The largest absolute Gasteiger partial charge is 0.340 e. The van der Waals surface area contributed by atoms with Gasteiger partial charge in [0.15, 0.2) is 5.65 Å². The van der Waals surface area contributed by atoms with Gasteiger partial charge in [-0.1, -0.05) is 36.4 Å². The maximum absolute atomic E-state index is 4.82. The van der Waals surface area contributed by atoms with E-state index in [9.17, 15) is 0 Å². The van der Waals surface area contributed by atoms with Gasteiger partial charge in [0.05, 0.1) is 29.5 Å². The van der Waals surface area contributed by atoms with Crippen LogP contribution in [-0.4, -0.2) is 29.8 Å². The fourth-order valence-electron chi connectivity index (χ4n) is 5.21. The lowest BCUT2D eigenvalue weighted by molar-refractivity contribution is 0.153. The lowest BCUT2D eigenvalue weighted by Crippen LogP contribution is -2.31. The van der Waals surface area contributed by atoms with Gasteiger partial charge in [-0.3, -0.25) is 14.9 Å². The second-order valence-corrected chi connectivity index (χ2v) is 9.66. The lowest BCUT2D eigenvalue weighted by Gasteiger charge is -2.34. The first kappa shape index (κ1) is 26.2. The van der Waals surface area contributed by atoms with Gasteiger partial charge in [0.2, 0.25) is 0 Å². The summed E-state index contributed by atoms with van der Waals surface area (Å²) in [4.78, 5) is 24.4. The summed E-state index contributed by atoms with van der Waals surface area (Å²) in [6, 6.07) is 23.4. The van der Waals surface area contributed by atoms with E-state index in [0.29, 0.717) is 6.54 Å². The summed E-state index contributed by atoms with van der Waals surface area (Å²) < 4.78 is 0.